The Morgan fingerprint density at radius 3 is 2.48 bits per heavy atom. The van der Waals surface area contributed by atoms with Gasteiger partial charge in [0.05, 0.1) is 0 Å². The number of H-pyrrole nitrogens is 1. The first-order valence-corrected chi connectivity index (χ1v) is 7.56. The van der Waals surface area contributed by atoms with Crippen LogP contribution in [0.2, 0.25) is 0 Å². The molecule has 21 heavy (non-hydrogen) atoms. The van der Waals surface area contributed by atoms with E-state index in [-0.39, 0.29) is 0 Å². The van der Waals surface area contributed by atoms with E-state index in [0.717, 1.165) is 25.2 Å². The van der Waals surface area contributed by atoms with Crippen LogP contribution in [0.5, 0.6) is 0 Å². The summed E-state index contributed by atoms with van der Waals surface area (Å²) in [4.78, 5) is 9.93. The van der Waals surface area contributed by atoms with E-state index in [9.17, 15) is 0 Å². The van der Waals surface area contributed by atoms with E-state index in [4.69, 9.17) is 0 Å². The molecule has 2 heterocycles. The summed E-state index contributed by atoms with van der Waals surface area (Å²) in [5.41, 5.74) is 4.82. The number of hydrogen-bond acceptors (Lipinski definition) is 2. The molecule has 1 aromatic carbocycles. The normalized spacial score (nSPS) is 11.0. The van der Waals surface area contributed by atoms with Gasteiger partial charge in [0.2, 0.25) is 0 Å². The molecule has 3 rings (SSSR count). The first kappa shape index (κ1) is 13.7. The van der Waals surface area contributed by atoms with Crippen molar-refractivity contribution in [2.75, 3.05) is 18.0 Å². The molecule has 0 spiro atoms. The zero-order chi connectivity index (χ0) is 14.7. The molecule has 0 radical (unpaired) electrons. The smallest absolute Gasteiger partial charge is 0.137 e. The highest BCUT2D eigenvalue weighted by Crippen LogP contribution is 2.18. The number of hydrogen-bond donors (Lipinski definition) is 1. The van der Waals surface area contributed by atoms with Crippen LogP contribution in [0.25, 0.3) is 11.0 Å². The Kier molecular flexibility index (Phi) is 3.91. The first-order chi connectivity index (χ1) is 10.3. The topological polar surface area (TPSA) is 31.9 Å². The third-order valence-corrected chi connectivity index (χ3v) is 3.93. The van der Waals surface area contributed by atoms with Crippen molar-refractivity contribution < 1.29 is 0 Å². The average molecular weight is 279 g/mol. The maximum atomic E-state index is 4.45. The van der Waals surface area contributed by atoms with Gasteiger partial charge in [-0.15, -0.1) is 0 Å². The van der Waals surface area contributed by atoms with E-state index in [2.05, 4.69) is 65.1 Å². The molecule has 3 heteroatoms. The van der Waals surface area contributed by atoms with Gasteiger partial charge in [0.25, 0.3) is 0 Å². The summed E-state index contributed by atoms with van der Waals surface area (Å²) in [6, 6.07) is 13.1. The van der Waals surface area contributed by atoms with Gasteiger partial charge in [0.1, 0.15) is 5.65 Å². The summed E-state index contributed by atoms with van der Waals surface area (Å²) in [6.45, 7) is 6.47. The van der Waals surface area contributed by atoms with Gasteiger partial charge in [0, 0.05) is 36.6 Å². The van der Waals surface area contributed by atoms with E-state index < -0.39 is 0 Å². The zero-order valence-electron chi connectivity index (χ0n) is 12.6. The van der Waals surface area contributed by atoms with E-state index in [0.29, 0.717) is 0 Å². The second-order valence-corrected chi connectivity index (χ2v) is 5.27. The molecule has 0 fully saturated rings. The fourth-order valence-corrected chi connectivity index (χ4v) is 2.73. The quantitative estimate of drug-likeness (QED) is 0.765. The molecule has 3 nitrogen and oxygen atoms in total. The fourth-order valence-electron chi connectivity index (χ4n) is 2.73. The highest BCUT2D eigenvalue weighted by molar-refractivity contribution is 5.75. The Morgan fingerprint density at radius 1 is 1.00 bits per heavy atom. The molecule has 1 N–H and O–H groups in total. The number of aromatic nitrogens is 2. The number of fused-ring (bicyclic) bond motifs is 1. The Morgan fingerprint density at radius 2 is 1.76 bits per heavy atom. The van der Waals surface area contributed by atoms with E-state index in [1.807, 2.05) is 12.4 Å². The highest BCUT2D eigenvalue weighted by Gasteiger charge is 2.03. The van der Waals surface area contributed by atoms with E-state index in [1.165, 1.54) is 22.2 Å². The van der Waals surface area contributed by atoms with Crippen LogP contribution in [-0.2, 0) is 6.42 Å². The number of rotatable bonds is 5. The summed E-state index contributed by atoms with van der Waals surface area (Å²) in [5.74, 6) is 0. The molecular weight excluding hydrogens is 258 g/mol. The number of aromatic amines is 1. The molecule has 0 saturated carbocycles. The molecule has 3 aromatic rings. The Labute approximate surface area is 125 Å². The van der Waals surface area contributed by atoms with Crippen LogP contribution < -0.4 is 4.90 Å². The molecular formula is C18H21N3. The standard InChI is InChI=1S/C18H21N3/c1-3-21(4-2)17-7-5-14(6-8-17)11-15-12-16-9-10-19-18(16)20-13-15/h5-10,12-13H,3-4,11H2,1-2H3,(H,19,20). The van der Waals surface area contributed by atoms with Gasteiger partial charge < -0.3 is 9.88 Å². The van der Waals surface area contributed by atoms with Crippen molar-refractivity contribution in [3.05, 3.63) is 59.9 Å². The van der Waals surface area contributed by atoms with Crippen molar-refractivity contribution in [1.82, 2.24) is 9.97 Å². The third kappa shape index (κ3) is 2.92. The number of nitrogens with zero attached hydrogens (tertiary/aromatic N) is 2. The summed E-state index contributed by atoms with van der Waals surface area (Å²) in [6.07, 6.45) is 4.81. The molecule has 2 aromatic heterocycles. The summed E-state index contributed by atoms with van der Waals surface area (Å²) in [7, 11) is 0. The van der Waals surface area contributed by atoms with Gasteiger partial charge in [-0.05, 0) is 55.7 Å². The number of pyridine rings is 1. The van der Waals surface area contributed by atoms with Crippen LogP contribution in [0.3, 0.4) is 0 Å². The van der Waals surface area contributed by atoms with Crippen LogP contribution in [0.1, 0.15) is 25.0 Å². The predicted molar refractivity (Wildman–Crippen MR) is 88.9 cm³/mol. The zero-order valence-corrected chi connectivity index (χ0v) is 12.6. The molecule has 0 atom stereocenters. The number of anilines is 1. The monoisotopic (exact) mass is 279 g/mol. The number of nitrogens with one attached hydrogen (secondary N) is 1. The van der Waals surface area contributed by atoms with E-state index >= 15 is 0 Å². The average Bonchev–Trinajstić information content (AvgIpc) is 2.98. The van der Waals surface area contributed by atoms with Gasteiger partial charge >= 0.3 is 0 Å². The lowest BCUT2D eigenvalue weighted by Gasteiger charge is -2.21. The van der Waals surface area contributed by atoms with Gasteiger partial charge in [-0.3, -0.25) is 0 Å². The largest absolute Gasteiger partial charge is 0.372 e. The maximum absolute atomic E-state index is 4.45. The van der Waals surface area contributed by atoms with Crippen molar-refractivity contribution in [2.24, 2.45) is 0 Å². The Balaban J connectivity index is 1.78. The van der Waals surface area contributed by atoms with Crippen molar-refractivity contribution in [1.29, 1.82) is 0 Å². The summed E-state index contributed by atoms with van der Waals surface area (Å²) < 4.78 is 0. The van der Waals surface area contributed by atoms with Crippen LogP contribution in [-0.4, -0.2) is 23.1 Å². The lowest BCUT2D eigenvalue weighted by atomic mass is 10.1. The molecule has 0 aliphatic carbocycles. The fraction of sp³-hybridized carbons (Fsp3) is 0.278. The van der Waals surface area contributed by atoms with Crippen LogP contribution in [0.15, 0.2) is 48.8 Å². The molecule has 0 unspecified atom stereocenters. The minimum absolute atomic E-state index is 0.923. The third-order valence-electron chi connectivity index (χ3n) is 3.93. The summed E-state index contributed by atoms with van der Waals surface area (Å²) >= 11 is 0. The van der Waals surface area contributed by atoms with Crippen LogP contribution in [0.4, 0.5) is 5.69 Å². The Hall–Kier alpha value is -2.29. The van der Waals surface area contributed by atoms with Gasteiger partial charge in [-0.2, -0.15) is 0 Å². The lowest BCUT2D eigenvalue weighted by molar-refractivity contribution is 0.866. The van der Waals surface area contributed by atoms with E-state index in [1.54, 1.807) is 0 Å². The molecule has 108 valence electrons. The molecule has 0 bridgehead atoms. The minimum Gasteiger partial charge on any atom is -0.372 e. The van der Waals surface area contributed by atoms with Crippen LogP contribution in [0, 0.1) is 0 Å². The van der Waals surface area contributed by atoms with Gasteiger partial charge in [-0.1, -0.05) is 12.1 Å². The van der Waals surface area contributed by atoms with Crippen molar-refractivity contribution in [2.45, 2.75) is 20.3 Å². The minimum atomic E-state index is 0.923. The molecule has 0 aliphatic rings. The van der Waals surface area contributed by atoms with Gasteiger partial charge in [-0.25, -0.2) is 4.98 Å². The second kappa shape index (κ2) is 6.00. The van der Waals surface area contributed by atoms with Crippen molar-refractivity contribution >= 4 is 16.7 Å². The van der Waals surface area contributed by atoms with Crippen LogP contribution >= 0.6 is 0 Å². The lowest BCUT2D eigenvalue weighted by Crippen LogP contribution is -2.21. The second-order valence-electron chi connectivity index (χ2n) is 5.27. The molecule has 0 aliphatic heterocycles. The van der Waals surface area contributed by atoms with Crippen molar-refractivity contribution in [3.63, 3.8) is 0 Å². The molecule has 0 saturated heterocycles. The highest BCUT2D eigenvalue weighted by atomic mass is 15.1. The summed E-state index contributed by atoms with van der Waals surface area (Å²) in [5, 5.41) is 1.17. The van der Waals surface area contributed by atoms with Gasteiger partial charge in [0.15, 0.2) is 0 Å². The van der Waals surface area contributed by atoms with Crippen molar-refractivity contribution in [3.8, 4) is 0 Å². The Bertz CT molecular complexity index is 709. The molecule has 0 amide bonds. The maximum Gasteiger partial charge on any atom is 0.137 e. The number of benzene rings is 1. The predicted octanol–water partition coefficient (Wildman–Crippen LogP) is 4.00. The SMILES string of the molecule is CCN(CC)c1ccc(Cc2cnc3[nH]ccc3c2)cc1. The first-order valence-electron chi connectivity index (χ1n) is 7.56.